The van der Waals surface area contributed by atoms with E-state index in [2.05, 4.69) is 5.32 Å². The number of benzene rings is 1. The first-order chi connectivity index (χ1) is 12.3. The van der Waals surface area contributed by atoms with Crippen molar-refractivity contribution in [3.8, 4) is 0 Å². The lowest BCUT2D eigenvalue weighted by Gasteiger charge is -2.31. The first kappa shape index (κ1) is 19.3. The SMILES string of the molecule is CC(C)(C)NC(=O)C1CSC(c2cccs2)N1C(=O)c1ccccc1Cl. The van der Waals surface area contributed by atoms with Crippen LogP contribution in [0.5, 0.6) is 0 Å². The summed E-state index contributed by atoms with van der Waals surface area (Å²) in [6.45, 7) is 5.80. The van der Waals surface area contributed by atoms with Crippen LogP contribution >= 0.6 is 34.7 Å². The number of nitrogens with zero attached hydrogens (tertiary/aromatic N) is 1. The van der Waals surface area contributed by atoms with Gasteiger partial charge in [0.1, 0.15) is 11.4 Å². The Morgan fingerprint density at radius 1 is 1.19 bits per heavy atom. The summed E-state index contributed by atoms with van der Waals surface area (Å²) in [6.07, 6.45) is 0. The summed E-state index contributed by atoms with van der Waals surface area (Å²) < 4.78 is 0. The summed E-state index contributed by atoms with van der Waals surface area (Å²) in [7, 11) is 0. The van der Waals surface area contributed by atoms with E-state index in [1.165, 1.54) is 0 Å². The lowest BCUT2D eigenvalue weighted by Crippen LogP contribution is -2.52. The Labute approximate surface area is 166 Å². The monoisotopic (exact) mass is 408 g/mol. The average Bonchev–Trinajstić information content (AvgIpc) is 3.22. The molecule has 2 amide bonds. The first-order valence-corrected chi connectivity index (χ1v) is 10.6. The summed E-state index contributed by atoms with van der Waals surface area (Å²) in [5, 5.41) is 5.20. The molecule has 1 saturated heterocycles. The number of amides is 2. The third kappa shape index (κ3) is 4.08. The van der Waals surface area contributed by atoms with E-state index in [1.807, 2.05) is 38.3 Å². The smallest absolute Gasteiger partial charge is 0.257 e. The van der Waals surface area contributed by atoms with Crippen LogP contribution in [0, 0.1) is 0 Å². The first-order valence-electron chi connectivity index (χ1n) is 8.32. The van der Waals surface area contributed by atoms with E-state index in [0.717, 1.165) is 4.88 Å². The number of carbonyl (C=O) groups excluding carboxylic acids is 2. The maximum atomic E-state index is 13.3. The second-order valence-electron chi connectivity index (χ2n) is 7.15. The Kier molecular flexibility index (Phi) is 5.65. The third-order valence-electron chi connectivity index (χ3n) is 3.93. The van der Waals surface area contributed by atoms with Crippen LogP contribution in [-0.2, 0) is 4.79 Å². The summed E-state index contributed by atoms with van der Waals surface area (Å²) in [5.74, 6) is 0.207. The fourth-order valence-electron chi connectivity index (χ4n) is 2.83. The van der Waals surface area contributed by atoms with Gasteiger partial charge in [-0.25, -0.2) is 0 Å². The van der Waals surface area contributed by atoms with Gasteiger partial charge in [0.2, 0.25) is 5.91 Å². The normalized spacial score (nSPS) is 20.2. The topological polar surface area (TPSA) is 49.4 Å². The van der Waals surface area contributed by atoms with Gasteiger partial charge in [-0.05, 0) is 44.4 Å². The molecular formula is C19H21ClN2O2S2. The van der Waals surface area contributed by atoms with Crippen molar-refractivity contribution in [3.05, 3.63) is 57.2 Å². The number of hydrogen-bond acceptors (Lipinski definition) is 4. The summed E-state index contributed by atoms with van der Waals surface area (Å²) in [4.78, 5) is 28.9. The van der Waals surface area contributed by atoms with Crippen LogP contribution in [0.3, 0.4) is 0 Å². The summed E-state index contributed by atoms with van der Waals surface area (Å²) >= 11 is 9.45. The minimum atomic E-state index is -0.532. The number of halogens is 1. The largest absolute Gasteiger partial charge is 0.350 e. The lowest BCUT2D eigenvalue weighted by atomic mass is 10.1. The van der Waals surface area contributed by atoms with E-state index < -0.39 is 6.04 Å². The van der Waals surface area contributed by atoms with Crippen molar-refractivity contribution in [2.24, 2.45) is 0 Å². The Morgan fingerprint density at radius 2 is 1.92 bits per heavy atom. The molecule has 0 bridgehead atoms. The predicted octanol–water partition coefficient (Wildman–Crippen LogP) is 4.57. The zero-order chi connectivity index (χ0) is 18.9. The molecule has 4 nitrogen and oxygen atoms in total. The Bertz CT molecular complexity index is 802. The standard InChI is InChI=1S/C19H21ClN2O2S2/c1-19(2,3)21-16(23)14-11-26-18(15-9-6-10-25-15)22(14)17(24)12-7-4-5-8-13(12)20/h4-10,14,18H,11H2,1-3H3,(H,21,23). The molecule has 2 aromatic rings. The number of hydrogen-bond donors (Lipinski definition) is 1. The Hall–Kier alpha value is -1.50. The van der Waals surface area contributed by atoms with Gasteiger partial charge in [-0.1, -0.05) is 29.8 Å². The minimum absolute atomic E-state index is 0.135. The highest BCUT2D eigenvalue weighted by molar-refractivity contribution is 7.99. The highest BCUT2D eigenvalue weighted by atomic mass is 35.5. The molecule has 0 saturated carbocycles. The lowest BCUT2D eigenvalue weighted by molar-refractivity contribution is -0.126. The van der Waals surface area contributed by atoms with Gasteiger partial charge < -0.3 is 10.2 Å². The highest BCUT2D eigenvalue weighted by Gasteiger charge is 2.44. The molecule has 26 heavy (non-hydrogen) atoms. The molecule has 7 heteroatoms. The van der Waals surface area contributed by atoms with Gasteiger partial charge in [0, 0.05) is 16.2 Å². The molecule has 1 fully saturated rings. The number of carbonyl (C=O) groups is 2. The Morgan fingerprint density at radius 3 is 2.54 bits per heavy atom. The van der Waals surface area contributed by atoms with E-state index in [9.17, 15) is 9.59 Å². The van der Waals surface area contributed by atoms with Gasteiger partial charge in [-0.2, -0.15) is 0 Å². The average molecular weight is 409 g/mol. The van der Waals surface area contributed by atoms with Crippen LogP contribution in [0.15, 0.2) is 41.8 Å². The summed E-state index contributed by atoms with van der Waals surface area (Å²) in [5.41, 5.74) is 0.0637. The molecule has 1 aromatic carbocycles. The zero-order valence-electron chi connectivity index (χ0n) is 14.9. The van der Waals surface area contributed by atoms with Crippen molar-refractivity contribution in [1.82, 2.24) is 10.2 Å². The van der Waals surface area contributed by atoms with Crippen LogP contribution in [0.2, 0.25) is 5.02 Å². The fraction of sp³-hybridized carbons (Fsp3) is 0.368. The molecule has 2 atom stereocenters. The van der Waals surface area contributed by atoms with Crippen molar-refractivity contribution >= 4 is 46.5 Å². The van der Waals surface area contributed by atoms with Crippen molar-refractivity contribution < 1.29 is 9.59 Å². The number of rotatable bonds is 3. The molecule has 138 valence electrons. The van der Waals surface area contributed by atoms with Gasteiger partial charge in [0.25, 0.3) is 5.91 Å². The second kappa shape index (κ2) is 7.62. The molecule has 2 heterocycles. The zero-order valence-corrected chi connectivity index (χ0v) is 17.3. The van der Waals surface area contributed by atoms with E-state index >= 15 is 0 Å². The van der Waals surface area contributed by atoms with Crippen molar-refractivity contribution in [2.75, 3.05) is 5.75 Å². The second-order valence-corrected chi connectivity index (χ2v) is 9.65. The molecule has 1 aliphatic rings. The maximum Gasteiger partial charge on any atom is 0.257 e. The molecule has 2 unspecified atom stereocenters. The van der Waals surface area contributed by atoms with Crippen molar-refractivity contribution in [1.29, 1.82) is 0 Å². The van der Waals surface area contributed by atoms with Crippen LogP contribution in [0.4, 0.5) is 0 Å². The number of nitrogens with one attached hydrogen (secondary N) is 1. The molecule has 1 aliphatic heterocycles. The molecular weight excluding hydrogens is 388 g/mol. The van der Waals surface area contributed by atoms with Gasteiger partial charge in [0.05, 0.1) is 10.6 Å². The van der Waals surface area contributed by atoms with E-state index in [-0.39, 0.29) is 22.7 Å². The van der Waals surface area contributed by atoms with Crippen LogP contribution in [0.1, 0.15) is 41.4 Å². The van der Waals surface area contributed by atoms with Crippen LogP contribution in [-0.4, -0.2) is 34.0 Å². The molecule has 0 radical (unpaired) electrons. The van der Waals surface area contributed by atoms with Crippen molar-refractivity contribution in [2.45, 2.75) is 37.7 Å². The van der Waals surface area contributed by atoms with E-state index in [4.69, 9.17) is 11.6 Å². The fourth-order valence-corrected chi connectivity index (χ4v) is 5.45. The predicted molar refractivity (Wildman–Crippen MR) is 109 cm³/mol. The van der Waals surface area contributed by atoms with Crippen LogP contribution < -0.4 is 5.32 Å². The van der Waals surface area contributed by atoms with Gasteiger partial charge in [0.15, 0.2) is 0 Å². The Balaban J connectivity index is 1.96. The quantitative estimate of drug-likeness (QED) is 0.809. The van der Waals surface area contributed by atoms with Gasteiger partial charge in [-0.15, -0.1) is 23.1 Å². The van der Waals surface area contributed by atoms with E-state index in [0.29, 0.717) is 16.3 Å². The maximum absolute atomic E-state index is 13.3. The van der Waals surface area contributed by atoms with E-state index in [1.54, 1.807) is 52.3 Å². The minimum Gasteiger partial charge on any atom is -0.350 e. The number of thiophene rings is 1. The molecule has 1 aromatic heterocycles. The van der Waals surface area contributed by atoms with Crippen LogP contribution in [0.25, 0.3) is 0 Å². The van der Waals surface area contributed by atoms with Gasteiger partial charge in [-0.3, -0.25) is 9.59 Å². The summed E-state index contributed by atoms with van der Waals surface area (Å²) in [6, 6.07) is 10.4. The number of thioether (sulfide) groups is 1. The molecule has 0 aliphatic carbocycles. The van der Waals surface area contributed by atoms with Crippen molar-refractivity contribution in [3.63, 3.8) is 0 Å². The van der Waals surface area contributed by atoms with Gasteiger partial charge >= 0.3 is 0 Å². The molecule has 1 N–H and O–H groups in total. The highest BCUT2D eigenvalue weighted by Crippen LogP contribution is 2.44. The third-order valence-corrected chi connectivity index (χ3v) is 6.64. The molecule has 3 rings (SSSR count). The molecule has 0 spiro atoms.